The van der Waals surface area contributed by atoms with E-state index in [4.69, 9.17) is 0 Å². The summed E-state index contributed by atoms with van der Waals surface area (Å²) in [6.07, 6.45) is 1.99. The SMILES string of the molecule is CNS(=O)(=O)c1ccc(N(C)[C@H]2CCCN(C)C2)c([N+](=O)[O-])c1. The van der Waals surface area contributed by atoms with Crippen LogP contribution in [0.4, 0.5) is 11.4 Å². The molecule has 1 fully saturated rings. The Balaban J connectivity index is 2.40. The maximum absolute atomic E-state index is 11.8. The van der Waals surface area contributed by atoms with Gasteiger partial charge in [-0.1, -0.05) is 0 Å². The average Bonchev–Trinajstić information content (AvgIpc) is 2.53. The number of likely N-dealkylation sites (N-methyl/N-ethyl adjacent to an activating group) is 2. The lowest BCUT2D eigenvalue weighted by Gasteiger charge is -2.36. The van der Waals surface area contributed by atoms with Crippen LogP contribution in [0.15, 0.2) is 23.1 Å². The molecule has 1 aromatic rings. The normalized spacial score (nSPS) is 19.5. The number of benzene rings is 1. The smallest absolute Gasteiger partial charge is 0.293 e. The fraction of sp³-hybridized carbons (Fsp3) is 0.571. The Hall–Kier alpha value is -1.71. The van der Waals surface area contributed by atoms with Crippen molar-refractivity contribution in [3.05, 3.63) is 28.3 Å². The van der Waals surface area contributed by atoms with Gasteiger partial charge in [-0.2, -0.15) is 0 Å². The highest BCUT2D eigenvalue weighted by Gasteiger charge is 2.27. The Morgan fingerprint density at radius 2 is 2.13 bits per heavy atom. The van der Waals surface area contributed by atoms with Crippen LogP contribution >= 0.6 is 0 Å². The molecule has 1 aliphatic rings. The first-order valence-corrected chi connectivity index (χ1v) is 8.88. The summed E-state index contributed by atoms with van der Waals surface area (Å²) in [5.74, 6) is 0. The number of nitro groups is 1. The summed E-state index contributed by atoms with van der Waals surface area (Å²) in [5, 5.41) is 11.4. The van der Waals surface area contributed by atoms with Gasteiger partial charge in [-0.25, -0.2) is 13.1 Å². The molecule has 128 valence electrons. The predicted octanol–water partition coefficient (Wildman–Crippen LogP) is 1.03. The zero-order valence-corrected chi connectivity index (χ0v) is 14.3. The Kier molecular flexibility index (Phi) is 5.23. The molecule has 1 atom stereocenters. The van der Waals surface area contributed by atoms with Crippen molar-refractivity contribution in [3.8, 4) is 0 Å². The fourth-order valence-electron chi connectivity index (χ4n) is 2.88. The highest BCUT2D eigenvalue weighted by atomic mass is 32.2. The van der Waals surface area contributed by atoms with Crippen LogP contribution in [-0.2, 0) is 10.0 Å². The molecule has 0 saturated carbocycles. The summed E-state index contributed by atoms with van der Waals surface area (Å²) in [6, 6.07) is 4.19. The third-order valence-electron chi connectivity index (χ3n) is 4.25. The zero-order chi connectivity index (χ0) is 17.2. The van der Waals surface area contributed by atoms with Crippen LogP contribution in [0.25, 0.3) is 0 Å². The van der Waals surface area contributed by atoms with Gasteiger partial charge in [0, 0.05) is 25.7 Å². The second kappa shape index (κ2) is 6.81. The van der Waals surface area contributed by atoms with Crippen LogP contribution in [-0.4, -0.2) is 58.5 Å². The highest BCUT2D eigenvalue weighted by molar-refractivity contribution is 7.89. The summed E-state index contributed by atoms with van der Waals surface area (Å²) < 4.78 is 25.9. The Bertz CT molecular complexity index is 692. The molecule has 1 saturated heterocycles. The van der Waals surface area contributed by atoms with E-state index >= 15 is 0 Å². The summed E-state index contributed by atoms with van der Waals surface area (Å²) in [5.41, 5.74) is 0.238. The van der Waals surface area contributed by atoms with Gasteiger partial charge in [-0.15, -0.1) is 0 Å². The number of hydrogen-bond donors (Lipinski definition) is 1. The summed E-state index contributed by atoms with van der Waals surface area (Å²) in [7, 11) is 1.41. The Labute approximate surface area is 136 Å². The van der Waals surface area contributed by atoms with Crippen molar-refractivity contribution in [2.24, 2.45) is 0 Å². The van der Waals surface area contributed by atoms with Gasteiger partial charge in [0.25, 0.3) is 5.69 Å². The largest absolute Gasteiger partial charge is 0.365 e. The van der Waals surface area contributed by atoms with E-state index in [0.717, 1.165) is 32.0 Å². The molecular formula is C14H22N4O4S. The maximum atomic E-state index is 11.8. The molecule has 0 bridgehead atoms. The van der Waals surface area contributed by atoms with Crippen molar-refractivity contribution in [3.63, 3.8) is 0 Å². The summed E-state index contributed by atoms with van der Waals surface area (Å²) in [6.45, 7) is 1.84. The molecular weight excluding hydrogens is 320 g/mol. The van der Waals surface area contributed by atoms with E-state index in [9.17, 15) is 18.5 Å². The van der Waals surface area contributed by atoms with E-state index in [1.165, 1.54) is 19.2 Å². The van der Waals surface area contributed by atoms with Crippen molar-refractivity contribution in [2.45, 2.75) is 23.8 Å². The van der Waals surface area contributed by atoms with Gasteiger partial charge in [-0.3, -0.25) is 10.1 Å². The standard InChI is InChI=1S/C14H22N4O4S/c1-15-23(21,22)12-6-7-13(14(9-12)18(19)20)17(3)11-5-4-8-16(2)10-11/h6-7,9,11,15H,4-5,8,10H2,1-3H3/t11-/m0/s1. The van der Waals surface area contributed by atoms with Crippen molar-refractivity contribution in [2.75, 3.05) is 39.1 Å². The molecule has 2 rings (SSSR count). The summed E-state index contributed by atoms with van der Waals surface area (Å²) in [4.78, 5) is 14.8. The van der Waals surface area contributed by atoms with Crippen LogP contribution in [0.3, 0.4) is 0 Å². The number of nitrogens with one attached hydrogen (secondary N) is 1. The second-order valence-electron chi connectivity index (χ2n) is 5.78. The van der Waals surface area contributed by atoms with E-state index in [1.54, 1.807) is 0 Å². The van der Waals surface area contributed by atoms with E-state index in [-0.39, 0.29) is 16.6 Å². The lowest BCUT2D eigenvalue weighted by Crippen LogP contribution is -2.45. The number of likely N-dealkylation sites (tertiary alicyclic amines) is 1. The van der Waals surface area contributed by atoms with Gasteiger partial charge in [0.2, 0.25) is 10.0 Å². The first-order valence-electron chi connectivity index (χ1n) is 7.39. The van der Waals surface area contributed by atoms with Gasteiger partial charge in [-0.05, 0) is 45.6 Å². The predicted molar refractivity (Wildman–Crippen MR) is 88.3 cm³/mol. The van der Waals surface area contributed by atoms with Crippen LogP contribution < -0.4 is 9.62 Å². The lowest BCUT2D eigenvalue weighted by molar-refractivity contribution is -0.384. The molecule has 1 N–H and O–H groups in total. The second-order valence-corrected chi connectivity index (χ2v) is 7.67. The monoisotopic (exact) mass is 342 g/mol. The molecule has 23 heavy (non-hydrogen) atoms. The molecule has 0 radical (unpaired) electrons. The van der Waals surface area contributed by atoms with Crippen molar-refractivity contribution >= 4 is 21.4 Å². The minimum Gasteiger partial charge on any atom is -0.365 e. The van der Waals surface area contributed by atoms with Gasteiger partial charge in [0.15, 0.2) is 0 Å². The molecule has 8 nitrogen and oxygen atoms in total. The fourth-order valence-corrected chi connectivity index (χ4v) is 3.63. The van der Waals surface area contributed by atoms with E-state index < -0.39 is 14.9 Å². The third-order valence-corrected chi connectivity index (χ3v) is 5.66. The minimum absolute atomic E-state index is 0.107. The Morgan fingerprint density at radius 1 is 1.43 bits per heavy atom. The molecule has 0 aromatic heterocycles. The van der Waals surface area contributed by atoms with Gasteiger partial charge < -0.3 is 9.80 Å². The number of nitrogens with zero attached hydrogens (tertiary/aromatic N) is 3. The zero-order valence-electron chi connectivity index (χ0n) is 13.5. The molecule has 9 heteroatoms. The maximum Gasteiger partial charge on any atom is 0.293 e. The molecule has 0 amide bonds. The minimum atomic E-state index is -3.71. The number of nitro benzene ring substituents is 1. The van der Waals surface area contributed by atoms with Gasteiger partial charge in [0.05, 0.1) is 9.82 Å². The van der Waals surface area contributed by atoms with Crippen LogP contribution in [0.5, 0.6) is 0 Å². The van der Waals surface area contributed by atoms with Gasteiger partial charge >= 0.3 is 0 Å². The van der Waals surface area contributed by atoms with Crippen LogP contribution in [0.2, 0.25) is 0 Å². The van der Waals surface area contributed by atoms with E-state index in [0.29, 0.717) is 5.69 Å². The lowest BCUT2D eigenvalue weighted by atomic mass is 10.0. The van der Waals surface area contributed by atoms with E-state index in [2.05, 4.69) is 9.62 Å². The molecule has 0 aliphatic carbocycles. The molecule has 1 aliphatic heterocycles. The molecule has 0 spiro atoms. The number of hydrogen-bond acceptors (Lipinski definition) is 6. The number of anilines is 1. The van der Waals surface area contributed by atoms with Crippen molar-refractivity contribution in [1.82, 2.24) is 9.62 Å². The third kappa shape index (κ3) is 3.80. The van der Waals surface area contributed by atoms with Crippen LogP contribution in [0.1, 0.15) is 12.8 Å². The molecule has 1 aromatic carbocycles. The average molecular weight is 342 g/mol. The van der Waals surface area contributed by atoms with Crippen molar-refractivity contribution in [1.29, 1.82) is 0 Å². The highest BCUT2D eigenvalue weighted by Crippen LogP contribution is 2.32. The molecule has 1 heterocycles. The van der Waals surface area contributed by atoms with Gasteiger partial charge in [0.1, 0.15) is 5.69 Å². The van der Waals surface area contributed by atoms with E-state index in [1.807, 2.05) is 19.0 Å². The number of rotatable bonds is 5. The first-order chi connectivity index (χ1) is 10.8. The molecule has 0 unspecified atom stereocenters. The number of sulfonamides is 1. The Morgan fingerprint density at radius 3 is 2.70 bits per heavy atom. The topological polar surface area (TPSA) is 95.8 Å². The number of piperidine rings is 1. The quantitative estimate of drug-likeness (QED) is 0.634. The van der Waals surface area contributed by atoms with Crippen molar-refractivity contribution < 1.29 is 13.3 Å². The van der Waals surface area contributed by atoms with Crippen LogP contribution in [0, 0.1) is 10.1 Å². The first kappa shape index (κ1) is 17.6. The summed E-state index contributed by atoms with van der Waals surface area (Å²) >= 11 is 0.